The smallest absolute Gasteiger partial charge is 0.231 e. The summed E-state index contributed by atoms with van der Waals surface area (Å²) in [6.45, 7) is 1.68. The van der Waals surface area contributed by atoms with Crippen LogP contribution in [0.25, 0.3) is 0 Å². The summed E-state index contributed by atoms with van der Waals surface area (Å²) >= 11 is 8.82. The molecular weight excluding hydrogens is 404 g/mol. The van der Waals surface area contributed by atoms with E-state index in [1.807, 2.05) is 30.3 Å². The van der Waals surface area contributed by atoms with Crippen LogP contribution in [0.15, 0.2) is 40.9 Å². The Bertz CT molecular complexity index is 770. The molecule has 1 aliphatic rings. The van der Waals surface area contributed by atoms with Crippen LogP contribution in [0.2, 0.25) is 0 Å². The molecule has 5 nitrogen and oxygen atoms in total. The molecule has 0 amide bonds. The first-order valence-corrected chi connectivity index (χ1v) is 9.08. The molecule has 2 aromatic rings. The Morgan fingerprint density at radius 1 is 1.12 bits per heavy atom. The summed E-state index contributed by atoms with van der Waals surface area (Å²) < 4.78 is 16.9. The number of ether oxygens (including phenoxy) is 3. The van der Waals surface area contributed by atoms with Crippen molar-refractivity contribution in [3.63, 3.8) is 0 Å². The predicted octanol–water partition coefficient (Wildman–Crippen LogP) is 3.39. The highest BCUT2D eigenvalue weighted by molar-refractivity contribution is 9.10. The van der Waals surface area contributed by atoms with Gasteiger partial charge in [0.1, 0.15) is 5.75 Å². The molecule has 0 unspecified atom stereocenters. The molecule has 0 aromatic heterocycles. The Labute approximate surface area is 160 Å². The summed E-state index contributed by atoms with van der Waals surface area (Å²) in [7, 11) is 1.66. The number of nitrogens with one attached hydrogen (secondary N) is 2. The summed E-state index contributed by atoms with van der Waals surface area (Å²) in [4.78, 5) is 0. The van der Waals surface area contributed by atoms with Crippen LogP contribution in [0.3, 0.4) is 0 Å². The SMILES string of the molecule is COc1ccc(CCNC(=S)NCc2ccc3c(c2)OCO3)cc1Br. The van der Waals surface area contributed by atoms with Crippen LogP contribution in [0.5, 0.6) is 17.2 Å². The molecule has 0 spiro atoms. The number of benzene rings is 2. The Morgan fingerprint density at radius 2 is 1.92 bits per heavy atom. The van der Waals surface area contributed by atoms with E-state index in [4.69, 9.17) is 26.4 Å². The first-order chi connectivity index (χ1) is 12.2. The molecular formula is C18H19BrN2O3S. The zero-order valence-corrected chi connectivity index (χ0v) is 16.2. The van der Waals surface area contributed by atoms with Crippen molar-refractivity contribution in [1.29, 1.82) is 0 Å². The molecule has 132 valence electrons. The van der Waals surface area contributed by atoms with Gasteiger partial charge in [0.25, 0.3) is 0 Å². The van der Waals surface area contributed by atoms with E-state index in [-0.39, 0.29) is 6.79 Å². The van der Waals surface area contributed by atoms with E-state index in [0.717, 1.165) is 40.3 Å². The van der Waals surface area contributed by atoms with E-state index in [1.165, 1.54) is 5.56 Å². The van der Waals surface area contributed by atoms with Gasteiger partial charge in [0.2, 0.25) is 6.79 Å². The van der Waals surface area contributed by atoms with Crippen molar-refractivity contribution in [2.24, 2.45) is 0 Å². The molecule has 0 saturated heterocycles. The van der Waals surface area contributed by atoms with Gasteiger partial charge in [-0.2, -0.15) is 0 Å². The number of halogens is 1. The van der Waals surface area contributed by atoms with Gasteiger partial charge in [-0.25, -0.2) is 0 Å². The standard InChI is InChI=1S/C18H19BrN2O3S/c1-22-15-4-2-12(8-14(15)19)6-7-20-18(25)21-10-13-3-5-16-17(9-13)24-11-23-16/h2-5,8-9H,6-7,10-11H2,1H3,(H2,20,21,25). The van der Waals surface area contributed by atoms with E-state index in [9.17, 15) is 0 Å². The van der Waals surface area contributed by atoms with Gasteiger partial charge in [-0.15, -0.1) is 0 Å². The van der Waals surface area contributed by atoms with E-state index in [0.29, 0.717) is 11.7 Å². The van der Waals surface area contributed by atoms with Crippen LogP contribution in [0.1, 0.15) is 11.1 Å². The van der Waals surface area contributed by atoms with Crippen LogP contribution >= 0.6 is 28.1 Å². The summed E-state index contributed by atoms with van der Waals surface area (Å²) in [5.41, 5.74) is 2.30. The fraction of sp³-hybridized carbons (Fsp3) is 0.278. The topological polar surface area (TPSA) is 51.8 Å². The lowest BCUT2D eigenvalue weighted by Crippen LogP contribution is -2.35. The van der Waals surface area contributed by atoms with Crippen molar-refractivity contribution < 1.29 is 14.2 Å². The quantitative estimate of drug-likeness (QED) is 0.695. The summed E-state index contributed by atoms with van der Waals surface area (Å²) in [5, 5.41) is 7.05. The lowest BCUT2D eigenvalue weighted by Gasteiger charge is -2.11. The van der Waals surface area contributed by atoms with Gasteiger partial charge in [-0.3, -0.25) is 0 Å². The van der Waals surface area contributed by atoms with Gasteiger partial charge in [0.15, 0.2) is 16.6 Å². The van der Waals surface area contributed by atoms with E-state index < -0.39 is 0 Å². The molecule has 0 atom stereocenters. The van der Waals surface area contributed by atoms with Crippen molar-refractivity contribution >= 4 is 33.3 Å². The van der Waals surface area contributed by atoms with Gasteiger partial charge in [-0.05, 0) is 70.0 Å². The van der Waals surface area contributed by atoms with Gasteiger partial charge in [-0.1, -0.05) is 12.1 Å². The zero-order valence-electron chi connectivity index (χ0n) is 13.8. The molecule has 2 aromatic carbocycles. The van der Waals surface area contributed by atoms with Gasteiger partial charge in [0.05, 0.1) is 11.6 Å². The second-order valence-corrected chi connectivity index (χ2v) is 6.78. The number of fused-ring (bicyclic) bond motifs is 1. The fourth-order valence-corrected chi connectivity index (χ4v) is 3.24. The minimum atomic E-state index is 0.285. The molecule has 0 fully saturated rings. The lowest BCUT2D eigenvalue weighted by molar-refractivity contribution is 0.174. The van der Waals surface area contributed by atoms with Crippen molar-refractivity contribution in [3.8, 4) is 17.2 Å². The van der Waals surface area contributed by atoms with Gasteiger partial charge in [0, 0.05) is 13.1 Å². The van der Waals surface area contributed by atoms with Crippen LogP contribution in [0.4, 0.5) is 0 Å². The van der Waals surface area contributed by atoms with Crippen molar-refractivity contribution in [1.82, 2.24) is 10.6 Å². The molecule has 0 aliphatic carbocycles. The number of thiocarbonyl (C=S) groups is 1. The van der Waals surface area contributed by atoms with Crippen LogP contribution in [-0.4, -0.2) is 25.6 Å². The number of hydrogen-bond acceptors (Lipinski definition) is 4. The maximum Gasteiger partial charge on any atom is 0.231 e. The lowest BCUT2D eigenvalue weighted by atomic mass is 10.1. The molecule has 2 N–H and O–H groups in total. The maximum atomic E-state index is 5.37. The second-order valence-electron chi connectivity index (χ2n) is 5.52. The number of methoxy groups -OCH3 is 1. The fourth-order valence-electron chi connectivity index (χ4n) is 2.48. The Hall–Kier alpha value is -1.99. The Morgan fingerprint density at radius 3 is 2.72 bits per heavy atom. The predicted molar refractivity (Wildman–Crippen MR) is 104 cm³/mol. The third-order valence-corrected chi connectivity index (χ3v) is 4.71. The van der Waals surface area contributed by atoms with Crippen LogP contribution in [-0.2, 0) is 13.0 Å². The minimum Gasteiger partial charge on any atom is -0.496 e. The van der Waals surface area contributed by atoms with Gasteiger partial charge < -0.3 is 24.8 Å². The average Bonchev–Trinajstić information content (AvgIpc) is 3.08. The van der Waals surface area contributed by atoms with Gasteiger partial charge >= 0.3 is 0 Å². The van der Waals surface area contributed by atoms with Crippen molar-refractivity contribution in [3.05, 3.63) is 52.0 Å². The Balaban J connectivity index is 1.41. The third kappa shape index (κ3) is 4.76. The monoisotopic (exact) mass is 422 g/mol. The highest BCUT2D eigenvalue weighted by Gasteiger charge is 2.13. The highest BCUT2D eigenvalue weighted by Crippen LogP contribution is 2.32. The Kier molecular flexibility index (Phi) is 5.99. The third-order valence-electron chi connectivity index (χ3n) is 3.81. The first-order valence-electron chi connectivity index (χ1n) is 7.88. The molecule has 3 rings (SSSR count). The van der Waals surface area contributed by atoms with E-state index in [1.54, 1.807) is 7.11 Å². The number of rotatable bonds is 6. The van der Waals surface area contributed by atoms with Crippen molar-refractivity contribution in [2.75, 3.05) is 20.4 Å². The molecule has 25 heavy (non-hydrogen) atoms. The molecule has 0 radical (unpaired) electrons. The first kappa shape index (κ1) is 17.8. The van der Waals surface area contributed by atoms with E-state index >= 15 is 0 Å². The highest BCUT2D eigenvalue weighted by atomic mass is 79.9. The average molecular weight is 423 g/mol. The second kappa shape index (κ2) is 8.40. The summed E-state index contributed by atoms with van der Waals surface area (Å²) in [6, 6.07) is 11.9. The molecule has 1 aliphatic heterocycles. The normalized spacial score (nSPS) is 11.9. The summed E-state index contributed by atoms with van der Waals surface area (Å²) in [6.07, 6.45) is 0.869. The summed E-state index contributed by atoms with van der Waals surface area (Å²) in [5.74, 6) is 2.40. The molecule has 1 heterocycles. The number of hydrogen-bond donors (Lipinski definition) is 2. The maximum absolute atomic E-state index is 5.37. The minimum absolute atomic E-state index is 0.285. The zero-order chi connectivity index (χ0) is 17.6. The molecule has 0 saturated carbocycles. The molecule has 7 heteroatoms. The van der Waals surface area contributed by atoms with E-state index in [2.05, 4.69) is 32.6 Å². The van der Waals surface area contributed by atoms with Crippen molar-refractivity contribution in [2.45, 2.75) is 13.0 Å². The van der Waals surface area contributed by atoms with Crippen LogP contribution in [0, 0.1) is 0 Å². The largest absolute Gasteiger partial charge is 0.496 e. The molecule has 0 bridgehead atoms. The van der Waals surface area contributed by atoms with Crippen LogP contribution < -0.4 is 24.8 Å².